The Morgan fingerprint density at radius 3 is 2.64 bits per heavy atom. The first kappa shape index (κ1) is 33.6. The molecule has 0 unspecified atom stereocenters. The second-order valence-electron chi connectivity index (χ2n) is 13.4. The summed E-state index contributed by atoms with van der Waals surface area (Å²) in [6, 6.07) is 5.39. The molecule has 2 aromatic heterocycles. The Labute approximate surface area is 288 Å². The molecular weight excluding hydrogens is 666 g/mol. The summed E-state index contributed by atoms with van der Waals surface area (Å²) in [6.07, 6.45) is 9.77. The zero-order valence-corrected chi connectivity index (χ0v) is 28.4. The lowest BCUT2D eigenvalue weighted by Gasteiger charge is -2.29. The number of hydrogen-bond donors (Lipinski definition) is 3. The van der Waals surface area contributed by atoms with Crippen LogP contribution in [0.3, 0.4) is 0 Å². The first-order chi connectivity index (χ1) is 24.1. The number of rotatable bonds is 6. The van der Waals surface area contributed by atoms with Crippen LogP contribution in [0.25, 0.3) is 21.8 Å². The number of hydrogen-bond acceptors (Lipinski definition) is 11. The summed E-state index contributed by atoms with van der Waals surface area (Å²) in [7, 11) is -2.67. The number of amides is 4. The molecule has 50 heavy (non-hydrogen) atoms. The summed E-state index contributed by atoms with van der Waals surface area (Å²) in [6.45, 7) is -0.0212. The molecule has 7 rings (SSSR count). The van der Waals surface area contributed by atoms with Crippen LogP contribution in [0.15, 0.2) is 48.9 Å². The Kier molecular flexibility index (Phi) is 9.05. The molecule has 0 radical (unpaired) electrons. The average Bonchev–Trinajstić information content (AvgIpc) is 4.04. The first-order valence-electron chi connectivity index (χ1n) is 16.9. The van der Waals surface area contributed by atoms with Crippen molar-refractivity contribution in [1.82, 2.24) is 35.2 Å². The third-order valence-corrected chi connectivity index (χ3v) is 11.8. The average molecular weight is 706 g/mol. The second-order valence-corrected chi connectivity index (χ2v) is 15.4. The molecule has 2 aliphatic carbocycles. The van der Waals surface area contributed by atoms with E-state index >= 15 is 0 Å². The van der Waals surface area contributed by atoms with Crippen molar-refractivity contribution in [3.8, 4) is 5.88 Å². The molecule has 2 aliphatic heterocycles. The molecule has 4 amide bonds. The summed E-state index contributed by atoms with van der Waals surface area (Å²) >= 11 is 0. The standard InChI is InChI=1S/C34H39N7O8S/c1-48-33(45)37-26-12-6-4-2-3-5-9-20-16-34(20,32(44)40-50(46,47)22-13-14-22)39-29(42)27-15-21(18-41(27)31(26)43)49-30-24-11-8-7-10-23(24)25-17-35-19-36-28(25)38-30/h5,7-11,17,19-22,26-27H,2-4,6,12-16,18H2,1H3,(H,37,45)(H,39,42)(H,40,44)/b9-5-/t20-,21-,26+,27+,34-/m1/s1. The molecule has 16 heteroatoms. The van der Waals surface area contributed by atoms with Crippen LogP contribution < -0.4 is 20.1 Å². The van der Waals surface area contributed by atoms with Gasteiger partial charge in [0.25, 0.3) is 5.91 Å². The molecule has 2 saturated carbocycles. The lowest BCUT2D eigenvalue weighted by atomic mass is 10.1. The van der Waals surface area contributed by atoms with Crippen LogP contribution in [-0.2, 0) is 29.1 Å². The number of benzene rings is 1. The quantitative estimate of drug-likeness (QED) is 0.251. The van der Waals surface area contributed by atoms with E-state index in [1.54, 1.807) is 6.20 Å². The van der Waals surface area contributed by atoms with E-state index in [1.165, 1.54) is 18.3 Å². The number of carbonyl (C=O) groups excluding carboxylic acids is 4. The number of fused-ring (bicyclic) bond motifs is 5. The van der Waals surface area contributed by atoms with Gasteiger partial charge in [-0.05, 0) is 50.0 Å². The first-order valence-corrected chi connectivity index (χ1v) is 18.5. The molecule has 1 saturated heterocycles. The number of nitrogens with zero attached hydrogens (tertiary/aromatic N) is 4. The van der Waals surface area contributed by atoms with E-state index in [0.29, 0.717) is 43.1 Å². The van der Waals surface area contributed by atoms with Gasteiger partial charge in [0, 0.05) is 29.3 Å². The van der Waals surface area contributed by atoms with E-state index in [9.17, 15) is 27.6 Å². The monoisotopic (exact) mass is 705 g/mol. The molecule has 4 aliphatic rings. The third-order valence-electron chi connectivity index (χ3n) is 9.94. The van der Waals surface area contributed by atoms with E-state index in [0.717, 1.165) is 23.6 Å². The highest BCUT2D eigenvalue weighted by Crippen LogP contribution is 2.46. The number of pyridine rings is 1. The number of sulfonamides is 1. The SMILES string of the molecule is COC(=O)N[C@H]1CCCCC/C=C\[C@@H]2C[C@@]2(C(=O)NS(=O)(=O)C2CC2)NC(=O)[C@@H]2C[C@@H](Oc3nc4ncncc4c4ccccc34)CN2C1=O. The largest absolute Gasteiger partial charge is 0.472 e. The molecule has 3 N–H and O–H groups in total. The number of carbonyl (C=O) groups is 4. The van der Waals surface area contributed by atoms with Crippen molar-refractivity contribution in [3.05, 3.63) is 48.9 Å². The minimum absolute atomic E-state index is 0.0212. The predicted octanol–water partition coefficient (Wildman–Crippen LogP) is 2.25. The van der Waals surface area contributed by atoms with Crippen LogP contribution in [0.4, 0.5) is 4.79 Å². The molecule has 3 aromatic rings. The van der Waals surface area contributed by atoms with Gasteiger partial charge in [-0.15, -0.1) is 0 Å². The lowest BCUT2D eigenvalue weighted by molar-refractivity contribution is -0.141. The number of nitrogens with one attached hydrogen (secondary N) is 3. The van der Waals surface area contributed by atoms with Crippen LogP contribution in [0.5, 0.6) is 5.88 Å². The van der Waals surface area contributed by atoms with Crippen molar-refractivity contribution in [3.63, 3.8) is 0 Å². The van der Waals surface area contributed by atoms with Crippen molar-refractivity contribution in [2.75, 3.05) is 13.7 Å². The normalized spacial score (nSPS) is 28.0. The summed E-state index contributed by atoms with van der Waals surface area (Å²) in [4.78, 5) is 68.9. The fourth-order valence-corrected chi connectivity index (χ4v) is 8.32. The van der Waals surface area contributed by atoms with Crippen molar-refractivity contribution in [2.24, 2.45) is 5.92 Å². The van der Waals surface area contributed by atoms with Crippen molar-refractivity contribution in [2.45, 2.75) is 86.8 Å². The molecule has 5 atom stereocenters. The van der Waals surface area contributed by atoms with Gasteiger partial charge in [-0.1, -0.05) is 43.2 Å². The smallest absolute Gasteiger partial charge is 0.407 e. The molecule has 264 valence electrons. The highest BCUT2D eigenvalue weighted by Gasteiger charge is 2.62. The maximum Gasteiger partial charge on any atom is 0.407 e. The fraction of sp³-hybridized carbons (Fsp3) is 0.500. The molecule has 3 fully saturated rings. The van der Waals surface area contributed by atoms with E-state index in [-0.39, 0.29) is 25.3 Å². The Bertz CT molecular complexity index is 1990. The van der Waals surface area contributed by atoms with E-state index in [1.807, 2.05) is 36.4 Å². The Morgan fingerprint density at radius 1 is 1.06 bits per heavy atom. The van der Waals surface area contributed by atoms with Crippen LogP contribution >= 0.6 is 0 Å². The zero-order chi connectivity index (χ0) is 35.0. The molecule has 0 bridgehead atoms. The number of ether oxygens (including phenoxy) is 2. The molecule has 0 spiro atoms. The molecule has 1 aromatic carbocycles. The minimum atomic E-state index is -3.88. The topological polar surface area (TPSA) is 199 Å². The maximum atomic E-state index is 14.2. The van der Waals surface area contributed by atoms with Crippen LogP contribution in [0.1, 0.15) is 57.8 Å². The van der Waals surface area contributed by atoms with Gasteiger partial charge in [0.05, 0.1) is 18.9 Å². The van der Waals surface area contributed by atoms with Gasteiger partial charge in [-0.3, -0.25) is 19.1 Å². The summed E-state index contributed by atoms with van der Waals surface area (Å²) in [5, 5.41) is 7.12. The summed E-state index contributed by atoms with van der Waals surface area (Å²) in [5.41, 5.74) is -1.08. The Hall–Kier alpha value is -4.86. The highest BCUT2D eigenvalue weighted by molar-refractivity contribution is 7.91. The van der Waals surface area contributed by atoms with Gasteiger partial charge >= 0.3 is 6.09 Å². The van der Waals surface area contributed by atoms with E-state index < -0.39 is 68.7 Å². The minimum Gasteiger partial charge on any atom is -0.472 e. The van der Waals surface area contributed by atoms with E-state index in [2.05, 4.69) is 30.3 Å². The highest BCUT2D eigenvalue weighted by atomic mass is 32.2. The molecule has 15 nitrogen and oxygen atoms in total. The fourth-order valence-electron chi connectivity index (χ4n) is 6.96. The molecule has 4 heterocycles. The van der Waals surface area contributed by atoms with Gasteiger partial charge in [-0.25, -0.2) is 23.2 Å². The predicted molar refractivity (Wildman–Crippen MR) is 180 cm³/mol. The Morgan fingerprint density at radius 2 is 1.86 bits per heavy atom. The number of methoxy groups -OCH3 is 1. The van der Waals surface area contributed by atoms with Crippen molar-refractivity contribution in [1.29, 1.82) is 0 Å². The number of aromatic nitrogens is 3. The summed E-state index contributed by atoms with van der Waals surface area (Å²) in [5.74, 6) is -2.08. The van der Waals surface area contributed by atoms with Crippen LogP contribution in [0.2, 0.25) is 0 Å². The van der Waals surface area contributed by atoms with Gasteiger partial charge in [0.2, 0.25) is 27.7 Å². The zero-order valence-electron chi connectivity index (χ0n) is 27.5. The Balaban J connectivity index is 1.21. The van der Waals surface area contributed by atoms with Gasteiger partial charge in [-0.2, -0.15) is 4.98 Å². The second kappa shape index (κ2) is 13.5. The maximum absolute atomic E-state index is 14.2. The van der Waals surface area contributed by atoms with Crippen LogP contribution in [-0.4, -0.2) is 94.7 Å². The lowest BCUT2D eigenvalue weighted by Crippen LogP contribution is -2.58. The number of alkyl carbamates (subject to hydrolysis) is 1. The number of allylic oxidation sites excluding steroid dienone is 1. The van der Waals surface area contributed by atoms with Crippen molar-refractivity contribution < 1.29 is 37.1 Å². The molecular formula is C34H39N7O8S. The summed E-state index contributed by atoms with van der Waals surface area (Å²) < 4.78 is 39.0. The van der Waals surface area contributed by atoms with Crippen LogP contribution in [0, 0.1) is 5.92 Å². The van der Waals surface area contributed by atoms with E-state index in [4.69, 9.17) is 9.47 Å². The van der Waals surface area contributed by atoms with Gasteiger partial charge in [0.1, 0.15) is 30.1 Å². The van der Waals surface area contributed by atoms with Crippen molar-refractivity contribution >= 4 is 55.6 Å². The van der Waals surface area contributed by atoms with Gasteiger partial charge < -0.3 is 25.0 Å². The third kappa shape index (κ3) is 6.67. The van der Waals surface area contributed by atoms with Gasteiger partial charge in [0.15, 0.2) is 5.65 Å².